The first-order chi connectivity index (χ1) is 11.2. The van der Waals surface area contributed by atoms with Gasteiger partial charge >= 0.3 is 0 Å². The molecule has 0 spiro atoms. The highest BCUT2D eigenvalue weighted by atomic mass is 16.2. The fourth-order valence-electron chi connectivity index (χ4n) is 2.79. The summed E-state index contributed by atoms with van der Waals surface area (Å²) in [6, 6.07) is 0. The molecule has 0 unspecified atom stereocenters. The van der Waals surface area contributed by atoms with Gasteiger partial charge in [-0.2, -0.15) is 5.10 Å². The zero-order valence-corrected chi connectivity index (χ0v) is 13.0. The van der Waals surface area contributed by atoms with Gasteiger partial charge in [0.15, 0.2) is 5.65 Å². The number of nitrogens with zero attached hydrogens (tertiary/aromatic N) is 4. The summed E-state index contributed by atoms with van der Waals surface area (Å²) in [4.78, 5) is 18.8. The van der Waals surface area contributed by atoms with Crippen LogP contribution in [0, 0.1) is 24.2 Å². The molecular weight excluding hydrogens is 290 g/mol. The normalized spacial score (nSPS) is 13.4. The van der Waals surface area contributed by atoms with Crippen molar-refractivity contribution in [3.8, 4) is 24.2 Å². The second-order valence-electron chi connectivity index (χ2n) is 5.31. The Morgan fingerprint density at radius 1 is 1.48 bits per heavy atom. The molecule has 0 aliphatic carbocycles. The molecule has 1 aliphatic heterocycles. The van der Waals surface area contributed by atoms with E-state index in [0.717, 1.165) is 5.69 Å². The van der Waals surface area contributed by atoms with E-state index < -0.39 is 0 Å². The number of terminal acetylenes is 1. The van der Waals surface area contributed by atoms with Gasteiger partial charge in [-0.15, -0.1) is 18.3 Å². The SMILES string of the molecule is C#CCN1CCc2nc3c(cnn3CCC#CC)c(N)c2C1=O. The molecule has 3 rings (SSSR count). The predicted octanol–water partition coefficient (Wildman–Crippen LogP) is 1.06. The van der Waals surface area contributed by atoms with E-state index in [2.05, 4.69) is 27.8 Å². The molecule has 6 nitrogen and oxygen atoms in total. The van der Waals surface area contributed by atoms with E-state index in [9.17, 15) is 4.79 Å². The number of carbonyl (C=O) groups is 1. The summed E-state index contributed by atoms with van der Waals surface area (Å²) in [5.41, 5.74) is 8.56. The number of rotatable bonds is 3. The van der Waals surface area contributed by atoms with Crippen molar-refractivity contribution in [1.29, 1.82) is 0 Å². The Kier molecular flexibility index (Phi) is 3.91. The number of aromatic nitrogens is 3. The van der Waals surface area contributed by atoms with Crippen molar-refractivity contribution >= 4 is 22.6 Å². The third-order valence-corrected chi connectivity index (χ3v) is 3.93. The Bertz CT molecular complexity index is 878. The quantitative estimate of drug-likeness (QED) is 0.860. The second kappa shape index (κ2) is 6.02. The Labute approximate surface area is 134 Å². The van der Waals surface area contributed by atoms with Crippen molar-refractivity contribution in [1.82, 2.24) is 19.7 Å². The summed E-state index contributed by atoms with van der Waals surface area (Å²) >= 11 is 0. The average molecular weight is 307 g/mol. The number of hydrogen-bond acceptors (Lipinski definition) is 4. The van der Waals surface area contributed by atoms with Crippen molar-refractivity contribution in [2.75, 3.05) is 18.8 Å². The van der Waals surface area contributed by atoms with Crippen LogP contribution >= 0.6 is 0 Å². The first kappa shape index (κ1) is 14.9. The number of carbonyl (C=O) groups excluding carboxylic acids is 1. The molecule has 3 heterocycles. The van der Waals surface area contributed by atoms with E-state index in [4.69, 9.17) is 12.2 Å². The van der Waals surface area contributed by atoms with Gasteiger partial charge in [0, 0.05) is 19.4 Å². The second-order valence-corrected chi connectivity index (χ2v) is 5.31. The minimum absolute atomic E-state index is 0.152. The molecule has 2 aromatic rings. The molecule has 0 atom stereocenters. The van der Waals surface area contributed by atoms with Gasteiger partial charge in [-0.25, -0.2) is 9.67 Å². The van der Waals surface area contributed by atoms with E-state index in [-0.39, 0.29) is 12.5 Å². The maximum atomic E-state index is 12.6. The number of nitrogen functional groups attached to an aromatic ring is 1. The number of nitrogens with two attached hydrogens (primary N) is 1. The smallest absolute Gasteiger partial charge is 0.258 e. The number of amides is 1. The number of pyridine rings is 1. The van der Waals surface area contributed by atoms with Crippen LogP contribution < -0.4 is 5.73 Å². The largest absolute Gasteiger partial charge is 0.397 e. The number of anilines is 1. The highest BCUT2D eigenvalue weighted by Crippen LogP contribution is 2.29. The van der Waals surface area contributed by atoms with Crippen LogP contribution in [0.15, 0.2) is 6.20 Å². The fourth-order valence-corrected chi connectivity index (χ4v) is 2.79. The topological polar surface area (TPSA) is 77.0 Å². The standard InChI is InChI=1S/C17H17N5O/c1-3-5-6-9-22-16-12(11-19-22)15(18)14-13(20-16)7-10-21(8-4-2)17(14)23/h2,11H,6-10H2,1H3,(H2,18,20). The van der Waals surface area contributed by atoms with Gasteiger partial charge in [-0.1, -0.05) is 5.92 Å². The molecule has 0 aromatic carbocycles. The molecule has 0 saturated heterocycles. The molecule has 116 valence electrons. The molecule has 0 radical (unpaired) electrons. The first-order valence-corrected chi connectivity index (χ1v) is 7.43. The van der Waals surface area contributed by atoms with E-state index in [1.165, 1.54) is 0 Å². The Hall–Kier alpha value is -2.99. The van der Waals surface area contributed by atoms with Crippen molar-refractivity contribution in [2.24, 2.45) is 0 Å². The minimum atomic E-state index is -0.152. The van der Waals surface area contributed by atoms with Crippen LogP contribution in [0.4, 0.5) is 5.69 Å². The average Bonchev–Trinajstić information content (AvgIpc) is 2.94. The molecule has 0 fully saturated rings. The van der Waals surface area contributed by atoms with Gasteiger partial charge in [-0.05, 0) is 6.92 Å². The molecule has 0 bridgehead atoms. The lowest BCUT2D eigenvalue weighted by Crippen LogP contribution is -2.38. The van der Waals surface area contributed by atoms with Crippen LogP contribution in [0.3, 0.4) is 0 Å². The van der Waals surface area contributed by atoms with Gasteiger partial charge < -0.3 is 10.6 Å². The van der Waals surface area contributed by atoms with E-state index in [1.807, 2.05) is 0 Å². The van der Waals surface area contributed by atoms with Gasteiger partial charge in [0.25, 0.3) is 5.91 Å². The summed E-state index contributed by atoms with van der Waals surface area (Å²) in [5.74, 6) is 8.22. The van der Waals surface area contributed by atoms with Crippen LogP contribution in [0.5, 0.6) is 0 Å². The highest BCUT2D eigenvalue weighted by Gasteiger charge is 2.29. The highest BCUT2D eigenvalue weighted by molar-refractivity contribution is 6.07. The van der Waals surface area contributed by atoms with Gasteiger partial charge in [0.05, 0.1) is 41.6 Å². The molecule has 2 N–H and O–H groups in total. The predicted molar refractivity (Wildman–Crippen MR) is 88.4 cm³/mol. The van der Waals surface area contributed by atoms with Crippen LogP contribution in [0.25, 0.3) is 11.0 Å². The summed E-state index contributed by atoms with van der Waals surface area (Å²) in [7, 11) is 0. The zero-order valence-electron chi connectivity index (χ0n) is 13.0. The fraction of sp³-hybridized carbons (Fsp3) is 0.353. The zero-order chi connectivity index (χ0) is 16.4. The Balaban J connectivity index is 2.06. The molecule has 2 aromatic heterocycles. The van der Waals surface area contributed by atoms with Gasteiger partial charge in [0.2, 0.25) is 0 Å². The van der Waals surface area contributed by atoms with E-state index in [0.29, 0.717) is 48.2 Å². The summed E-state index contributed by atoms with van der Waals surface area (Å²) in [6.07, 6.45) is 8.31. The Morgan fingerprint density at radius 2 is 2.30 bits per heavy atom. The van der Waals surface area contributed by atoms with E-state index >= 15 is 0 Å². The van der Waals surface area contributed by atoms with Crippen molar-refractivity contribution in [3.05, 3.63) is 17.5 Å². The summed E-state index contributed by atoms with van der Waals surface area (Å²) < 4.78 is 1.79. The van der Waals surface area contributed by atoms with Gasteiger partial charge in [-0.3, -0.25) is 4.79 Å². The maximum absolute atomic E-state index is 12.6. The van der Waals surface area contributed by atoms with Crippen LogP contribution in [0.2, 0.25) is 0 Å². The Morgan fingerprint density at radius 3 is 3.04 bits per heavy atom. The minimum Gasteiger partial charge on any atom is -0.397 e. The monoisotopic (exact) mass is 307 g/mol. The first-order valence-electron chi connectivity index (χ1n) is 7.43. The lowest BCUT2D eigenvalue weighted by Gasteiger charge is -2.27. The molecule has 6 heteroatoms. The lowest BCUT2D eigenvalue weighted by atomic mass is 10.0. The van der Waals surface area contributed by atoms with Crippen molar-refractivity contribution < 1.29 is 4.79 Å². The number of aryl methyl sites for hydroxylation is 1. The number of fused-ring (bicyclic) bond motifs is 2. The maximum Gasteiger partial charge on any atom is 0.258 e. The molecule has 23 heavy (non-hydrogen) atoms. The number of hydrogen-bond donors (Lipinski definition) is 1. The third kappa shape index (κ3) is 2.49. The molecule has 0 saturated carbocycles. The van der Waals surface area contributed by atoms with Crippen LogP contribution in [0.1, 0.15) is 29.4 Å². The van der Waals surface area contributed by atoms with Crippen LogP contribution in [-0.4, -0.2) is 38.7 Å². The van der Waals surface area contributed by atoms with Crippen molar-refractivity contribution in [2.45, 2.75) is 26.3 Å². The molecule has 1 aliphatic rings. The lowest BCUT2D eigenvalue weighted by molar-refractivity contribution is 0.0761. The van der Waals surface area contributed by atoms with E-state index in [1.54, 1.807) is 22.7 Å². The summed E-state index contributed by atoms with van der Waals surface area (Å²) in [5, 5.41) is 5.03. The molecular formula is C17H17N5O. The van der Waals surface area contributed by atoms with Crippen molar-refractivity contribution in [3.63, 3.8) is 0 Å². The van der Waals surface area contributed by atoms with Crippen LogP contribution in [-0.2, 0) is 13.0 Å². The summed E-state index contributed by atoms with van der Waals surface area (Å²) in [6.45, 7) is 3.29. The van der Waals surface area contributed by atoms with Gasteiger partial charge in [0.1, 0.15) is 0 Å². The third-order valence-electron chi connectivity index (χ3n) is 3.93. The molecule has 1 amide bonds.